The molecule has 0 aliphatic carbocycles. The summed E-state index contributed by atoms with van der Waals surface area (Å²) in [6, 6.07) is 14.1. The molecule has 150 valence electrons. The van der Waals surface area contributed by atoms with Crippen LogP contribution in [0.5, 0.6) is 0 Å². The van der Waals surface area contributed by atoms with Crippen LogP contribution in [0, 0.1) is 11.5 Å². The zero-order chi connectivity index (χ0) is 21.5. The lowest BCUT2D eigenvalue weighted by Crippen LogP contribution is -2.16. The van der Waals surface area contributed by atoms with Crippen LogP contribution in [0.2, 0.25) is 19.6 Å². The maximum atomic E-state index is 11.9. The number of carbonyl (C=O) groups is 1. The smallest absolute Gasteiger partial charge is 0.269 e. The van der Waals surface area contributed by atoms with Crippen molar-refractivity contribution in [1.29, 1.82) is 0 Å². The van der Waals surface area contributed by atoms with Crippen molar-refractivity contribution in [3.63, 3.8) is 0 Å². The zero-order valence-electron chi connectivity index (χ0n) is 17.0. The minimum Gasteiger partial charge on any atom is -0.364 e. The van der Waals surface area contributed by atoms with E-state index < -0.39 is 14.0 Å². The van der Waals surface area contributed by atoms with E-state index in [0.717, 1.165) is 32.6 Å². The van der Waals surface area contributed by atoms with Crippen molar-refractivity contribution in [1.82, 2.24) is 9.55 Å². The quantitative estimate of drug-likeness (QED) is 0.441. The van der Waals surface area contributed by atoms with Gasteiger partial charge in [-0.3, -0.25) is 14.4 Å². The van der Waals surface area contributed by atoms with Crippen LogP contribution in [0.1, 0.15) is 32.9 Å². The van der Waals surface area contributed by atoms with Crippen LogP contribution in [0.25, 0.3) is 5.69 Å². The molecule has 30 heavy (non-hydrogen) atoms. The van der Waals surface area contributed by atoms with Gasteiger partial charge in [0.2, 0.25) is 0 Å². The molecule has 1 aliphatic heterocycles. The second kappa shape index (κ2) is 7.71. The molecule has 0 radical (unpaired) electrons. The average molecular weight is 477 g/mol. The number of halogens is 1. The molecule has 5 nitrogen and oxygen atoms in total. The molecule has 0 spiro atoms. The van der Waals surface area contributed by atoms with E-state index in [2.05, 4.69) is 58.1 Å². The van der Waals surface area contributed by atoms with E-state index >= 15 is 0 Å². The Morgan fingerprint density at radius 2 is 1.93 bits per heavy atom. The molecule has 7 heteroatoms. The van der Waals surface area contributed by atoms with Crippen molar-refractivity contribution in [3.05, 3.63) is 81.3 Å². The van der Waals surface area contributed by atoms with Crippen molar-refractivity contribution in [2.75, 3.05) is 0 Å². The molecule has 0 atom stereocenters. The number of aliphatic imine (C=N–C) groups is 1. The first kappa shape index (κ1) is 20.3. The van der Waals surface area contributed by atoms with E-state index in [1.54, 1.807) is 6.33 Å². The summed E-state index contributed by atoms with van der Waals surface area (Å²) in [4.78, 5) is 21.0. The lowest BCUT2D eigenvalue weighted by Gasteiger charge is -2.13. The molecule has 0 bridgehead atoms. The largest absolute Gasteiger partial charge is 0.364 e. The molecular weight excluding hydrogens is 456 g/mol. The summed E-state index contributed by atoms with van der Waals surface area (Å²) in [6.45, 7) is 6.97. The number of aromatic nitrogens is 2. The predicted molar refractivity (Wildman–Crippen MR) is 126 cm³/mol. The minimum absolute atomic E-state index is 0.251. The Morgan fingerprint density at radius 3 is 2.63 bits per heavy atom. The number of fused-ring (bicyclic) bond motifs is 3. The molecule has 0 saturated carbocycles. The van der Waals surface area contributed by atoms with Crippen molar-refractivity contribution in [2.45, 2.75) is 26.2 Å². The Kier molecular flexibility index (Phi) is 5.22. The van der Waals surface area contributed by atoms with E-state index in [1.165, 1.54) is 0 Å². The second-order valence-electron chi connectivity index (χ2n) is 8.15. The Balaban J connectivity index is 1.97. The first-order valence-electron chi connectivity index (χ1n) is 9.58. The molecule has 3 aromatic rings. The topological polar surface area (TPSA) is 73.3 Å². The predicted octanol–water partition coefficient (Wildman–Crippen LogP) is 4.31. The molecule has 2 heterocycles. The fourth-order valence-electron chi connectivity index (χ4n) is 3.33. The monoisotopic (exact) mass is 476 g/mol. The highest BCUT2D eigenvalue weighted by Crippen LogP contribution is 2.30. The minimum atomic E-state index is -1.51. The number of benzene rings is 2. The first-order chi connectivity index (χ1) is 14.2. The summed E-state index contributed by atoms with van der Waals surface area (Å²) in [6.07, 6.45) is 1.64. The van der Waals surface area contributed by atoms with Crippen LogP contribution in [0.15, 0.2) is 58.3 Å². The number of hydrogen-bond donors (Lipinski definition) is 1. The van der Waals surface area contributed by atoms with Gasteiger partial charge in [0.05, 0.1) is 23.6 Å². The van der Waals surface area contributed by atoms with Gasteiger partial charge >= 0.3 is 0 Å². The summed E-state index contributed by atoms with van der Waals surface area (Å²) >= 11 is 3.65. The number of hydrogen-bond acceptors (Lipinski definition) is 3. The summed E-state index contributed by atoms with van der Waals surface area (Å²) in [5, 5.41) is 0. The molecule has 0 fully saturated rings. The maximum Gasteiger partial charge on any atom is 0.269 e. The van der Waals surface area contributed by atoms with Gasteiger partial charge in [0.25, 0.3) is 5.91 Å². The van der Waals surface area contributed by atoms with Gasteiger partial charge in [-0.05, 0) is 24.3 Å². The summed E-state index contributed by atoms with van der Waals surface area (Å²) in [7, 11) is -1.51. The van der Waals surface area contributed by atoms with Gasteiger partial charge in [-0.25, -0.2) is 4.98 Å². The van der Waals surface area contributed by atoms with E-state index in [0.29, 0.717) is 12.2 Å². The van der Waals surface area contributed by atoms with Gasteiger partial charge in [0.1, 0.15) is 14.4 Å². The number of carbonyl (C=O) groups excluding carboxylic acids is 1. The molecule has 2 aromatic carbocycles. The summed E-state index contributed by atoms with van der Waals surface area (Å²) in [5.74, 6) is 2.78. The highest BCUT2D eigenvalue weighted by molar-refractivity contribution is 9.10. The number of rotatable bonds is 2. The summed E-state index contributed by atoms with van der Waals surface area (Å²) < 4.78 is 2.85. The number of amides is 1. The van der Waals surface area contributed by atoms with E-state index in [1.807, 2.05) is 41.0 Å². The third kappa shape index (κ3) is 3.89. The van der Waals surface area contributed by atoms with Crippen LogP contribution in [0.3, 0.4) is 0 Å². The summed E-state index contributed by atoms with van der Waals surface area (Å²) in [5.41, 5.74) is 14.5. The van der Waals surface area contributed by atoms with Crippen LogP contribution in [0.4, 0.5) is 0 Å². The SMILES string of the molecule is C[Si](C)(C)C#Cc1ccc2c(c1)C(c1ccccc1Br)=NCc1c(C(N)=O)ncn1-2. The molecule has 4 rings (SSSR count). The van der Waals surface area contributed by atoms with Crippen molar-refractivity contribution >= 4 is 35.6 Å². The fourth-order valence-corrected chi connectivity index (χ4v) is 4.33. The second-order valence-corrected chi connectivity index (χ2v) is 13.8. The number of imidazole rings is 1. The van der Waals surface area contributed by atoms with E-state index in [9.17, 15) is 4.79 Å². The van der Waals surface area contributed by atoms with Gasteiger partial charge in [-0.1, -0.05) is 59.7 Å². The lowest BCUT2D eigenvalue weighted by molar-refractivity contribution is 0.0995. The number of nitrogens with two attached hydrogens (primary N) is 1. The van der Waals surface area contributed by atoms with Crippen LogP contribution in [-0.2, 0) is 6.54 Å². The van der Waals surface area contributed by atoms with Crippen LogP contribution in [-0.4, -0.2) is 29.2 Å². The van der Waals surface area contributed by atoms with Crippen LogP contribution < -0.4 is 5.73 Å². The molecule has 1 aliphatic rings. The fraction of sp³-hybridized carbons (Fsp3) is 0.174. The van der Waals surface area contributed by atoms with E-state index in [4.69, 9.17) is 10.7 Å². The molecule has 1 aromatic heterocycles. The maximum absolute atomic E-state index is 11.9. The van der Waals surface area contributed by atoms with Gasteiger partial charge in [-0.2, -0.15) is 0 Å². The Hall–Kier alpha value is -2.95. The third-order valence-corrected chi connectivity index (χ3v) is 6.28. The van der Waals surface area contributed by atoms with Crippen molar-refractivity contribution in [2.24, 2.45) is 10.7 Å². The Bertz CT molecular complexity index is 1260. The van der Waals surface area contributed by atoms with E-state index in [-0.39, 0.29) is 5.69 Å². The Labute approximate surface area is 185 Å². The highest BCUT2D eigenvalue weighted by atomic mass is 79.9. The lowest BCUT2D eigenvalue weighted by atomic mass is 9.98. The van der Waals surface area contributed by atoms with Gasteiger partial charge < -0.3 is 5.73 Å². The third-order valence-electron chi connectivity index (χ3n) is 4.71. The molecule has 0 saturated heterocycles. The van der Waals surface area contributed by atoms with Crippen molar-refractivity contribution in [3.8, 4) is 17.2 Å². The van der Waals surface area contributed by atoms with Gasteiger partial charge in [0.15, 0.2) is 5.69 Å². The first-order valence-corrected chi connectivity index (χ1v) is 13.9. The molecule has 1 amide bonds. The number of nitrogens with zero attached hydrogens (tertiary/aromatic N) is 3. The molecule has 0 unspecified atom stereocenters. The highest BCUT2D eigenvalue weighted by Gasteiger charge is 2.24. The molecular formula is C23H21BrN4OSi. The zero-order valence-corrected chi connectivity index (χ0v) is 19.6. The number of primary amides is 1. The van der Waals surface area contributed by atoms with Crippen molar-refractivity contribution < 1.29 is 4.79 Å². The van der Waals surface area contributed by atoms with Crippen LogP contribution >= 0.6 is 15.9 Å². The van der Waals surface area contributed by atoms with Gasteiger partial charge in [0, 0.05) is 21.2 Å². The Morgan fingerprint density at radius 1 is 1.17 bits per heavy atom. The normalized spacial score (nSPS) is 12.7. The van der Waals surface area contributed by atoms with Gasteiger partial charge in [-0.15, -0.1) is 5.54 Å². The standard InChI is InChI=1S/C23H21BrN4OSi/c1-30(2,3)11-10-15-8-9-19-17(12-15)21(16-6-4-5-7-18(16)24)26-13-20-22(23(25)29)27-14-28(19)20/h4-9,12,14H,13H2,1-3H3,(H2,25,29). The molecule has 2 N–H and O–H groups in total. The average Bonchev–Trinajstić information content (AvgIpc) is 3.05.